The van der Waals surface area contributed by atoms with Gasteiger partial charge in [0, 0.05) is 21.6 Å². The molecular weight excluding hydrogens is 378 g/mol. The van der Waals surface area contributed by atoms with Crippen LogP contribution in [0.5, 0.6) is 5.75 Å². The molecule has 0 bridgehead atoms. The summed E-state index contributed by atoms with van der Waals surface area (Å²) < 4.78 is 0.994. The lowest BCUT2D eigenvalue weighted by Crippen LogP contribution is -1.94. The Morgan fingerprint density at radius 1 is 1.00 bits per heavy atom. The molecule has 0 spiro atoms. The average molecular weight is 392 g/mol. The summed E-state index contributed by atoms with van der Waals surface area (Å²) in [4.78, 5) is 4.39. The van der Waals surface area contributed by atoms with Gasteiger partial charge in [0.25, 0.3) is 0 Å². The predicted molar refractivity (Wildman–Crippen MR) is 106 cm³/mol. The first-order valence-corrected chi connectivity index (χ1v) is 8.56. The minimum atomic E-state index is 0.191. The van der Waals surface area contributed by atoms with Crippen LogP contribution in [-0.2, 0) is 0 Å². The maximum Gasteiger partial charge on any atom is 0.125 e. The number of nitrogens with zero attached hydrogens (tertiary/aromatic N) is 2. The van der Waals surface area contributed by atoms with Crippen LogP contribution in [0, 0.1) is 0 Å². The molecule has 1 heterocycles. The van der Waals surface area contributed by atoms with E-state index in [1.807, 2.05) is 54.6 Å². The van der Waals surface area contributed by atoms with Gasteiger partial charge in [0.05, 0.1) is 17.4 Å². The molecule has 5 heteroatoms. The van der Waals surface area contributed by atoms with Crippen LogP contribution in [-0.4, -0.2) is 16.3 Å². The molecule has 0 fully saturated rings. The maximum absolute atomic E-state index is 10.2. The van der Waals surface area contributed by atoms with Crippen molar-refractivity contribution in [2.45, 2.75) is 0 Å². The molecule has 4 rings (SSSR count). The number of hydrazone groups is 1. The normalized spacial score (nSPS) is 11.4. The lowest BCUT2D eigenvalue weighted by Gasteiger charge is -2.07. The highest BCUT2D eigenvalue weighted by atomic mass is 79.9. The molecule has 0 radical (unpaired) electrons. The molecular formula is C20H14BrN3O. The summed E-state index contributed by atoms with van der Waals surface area (Å²) in [5.41, 5.74) is 5.37. The fourth-order valence-corrected chi connectivity index (χ4v) is 3.19. The van der Waals surface area contributed by atoms with E-state index < -0.39 is 0 Å². The Morgan fingerprint density at radius 3 is 2.80 bits per heavy atom. The van der Waals surface area contributed by atoms with Gasteiger partial charge in [0.1, 0.15) is 5.75 Å². The molecule has 0 saturated heterocycles. The van der Waals surface area contributed by atoms with E-state index in [-0.39, 0.29) is 5.75 Å². The third-order valence-corrected chi connectivity index (χ3v) is 4.51. The highest BCUT2D eigenvalue weighted by Gasteiger charge is 2.06. The van der Waals surface area contributed by atoms with Gasteiger partial charge in [-0.2, -0.15) is 5.10 Å². The van der Waals surface area contributed by atoms with Gasteiger partial charge in [-0.3, -0.25) is 10.4 Å². The highest BCUT2D eigenvalue weighted by molar-refractivity contribution is 9.10. The fourth-order valence-electron chi connectivity index (χ4n) is 2.81. The van der Waals surface area contributed by atoms with Crippen molar-refractivity contribution < 1.29 is 5.11 Å². The SMILES string of the molecule is Oc1ccc2cc(Br)ccc2c1/C=N/Nc1cccc2cccnc12. The molecule has 0 atom stereocenters. The molecule has 2 N–H and O–H groups in total. The number of nitrogens with one attached hydrogen (secondary N) is 1. The molecule has 4 aromatic rings. The molecule has 0 amide bonds. The number of halogens is 1. The number of aromatic hydroxyl groups is 1. The third kappa shape index (κ3) is 3.06. The number of fused-ring (bicyclic) bond motifs is 2. The number of rotatable bonds is 3. The lowest BCUT2D eigenvalue weighted by molar-refractivity contribution is 0.475. The summed E-state index contributed by atoms with van der Waals surface area (Å²) in [6.07, 6.45) is 3.39. The van der Waals surface area contributed by atoms with E-state index >= 15 is 0 Å². The highest BCUT2D eigenvalue weighted by Crippen LogP contribution is 2.28. The lowest BCUT2D eigenvalue weighted by atomic mass is 10.0. The molecule has 0 aliphatic rings. The van der Waals surface area contributed by atoms with Crippen LogP contribution in [0.25, 0.3) is 21.7 Å². The summed E-state index contributed by atoms with van der Waals surface area (Å²) in [5.74, 6) is 0.191. The number of phenolic OH excluding ortho intramolecular Hbond substituents is 1. The van der Waals surface area contributed by atoms with Crippen LogP contribution in [0.15, 0.2) is 76.4 Å². The summed E-state index contributed by atoms with van der Waals surface area (Å²) in [7, 11) is 0. The van der Waals surface area contributed by atoms with Crippen molar-refractivity contribution in [1.29, 1.82) is 0 Å². The Kier molecular flexibility index (Phi) is 4.07. The number of anilines is 1. The first-order valence-electron chi connectivity index (χ1n) is 7.76. The van der Waals surface area contributed by atoms with Crippen LogP contribution < -0.4 is 5.43 Å². The van der Waals surface area contributed by atoms with E-state index in [9.17, 15) is 5.11 Å². The number of para-hydroxylation sites is 1. The van der Waals surface area contributed by atoms with Gasteiger partial charge in [-0.1, -0.05) is 46.3 Å². The van der Waals surface area contributed by atoms with Crippen molar-refractivity contribution in [3.63, 3.8) is 0 Å². The minimum absolute atomic E-state index is 0.191. The summed E-state index contributed by atoms with van der Waals surface area (Å²) in [6.45, 7) is 0. The Balaban J connectivity index is 1.70. The summed E-state index contributed by atoms with van der Waals surface area (Å²) in [5, 5.41) is 17.5. The van der Waals surface area contributed by atoms with Gasteiger partial charge in [-0.25, -0.2) is 0 Å². The number of benzene rings is 3. The van der Waals surface area contributed by atoms with E-state index in [0.29, 0.717) is 5.56 Å². The first kappa shape index (κ1) is 15.6. The quantitative estimate of drug-likeness (QED) is 0.367. The molecule has 0 aliphatic heterocycles. The Morgan fingerprint density at radius 2 is 1.88 bits per heavy atom. The zero-order chi connectivity index (χ0) is 17.2. The molecule has 3 aromatic carbocycles. The van der Waals surface area contributed by atoms with Crippen LogP contribution in [0.2, 0.25) is 0 Å². The minimum Gasteiger partial charge on any atom is -0.507 e. The Bertz CT molecular complexity index is 1100. The van der Waals surface area contributed by atoms with Gasteiger partial charge >= 0.3 is 0 Å². The maximum atomic E-state index is 10.2. The van der Waals surface area contributed by atoms with Crippen molar-refractivity contribution in [3.8, 4) is 5.75 Å². The third-order valence-electron chi connectivity index (χ3n) is 4.01. The van der Waals surface area contributed by atoms with E-state index in [1.54, 1.807) is 18.5 Å². The fraction of sp³-hybridized carbons (Fsp3) is 0. The van der Waals surface area contributed by atoms with Gasteiger partial charge in [0.2, 0.25) is 0 Å². The van der Waals surface area contributed by atoms with Gasteiger partial charge < -0.3 is 5.11 Å². The first-order chi connectivity index (χ1) is 12.2. The number of hydrogen-bond acceptors (Lipinski definition) is 4. The standard InChI is InChI=1S/C20H14BrN3O/c21-15-7-8-16-14(11-15)6-9-19(25)17(16)12-23-24-18-5-1-3-13-4-2-10-22-20(13)18/h1-12,24-25H/b23-12+. The Labute approximate surface area is 153 Å². The number of hydrogen-bond donors (Lipinski definition) is 2. The largest absolute Gasteiger partial charge is 0.507 e. The van der Waals surface area contributed by atoms with Crippen LogP contribution in [0.1, 0.15) is 5.56 Å². The van der Waals surface area contributed by atoms with E-state index in [2.05, 4.69) is 31.4 Å². The topological polar surface area (TPSA) is 57.5 Å². The smallest absolute Gasteiger partial charge is 0.125 e. The predicted octanol–water partition coefficient (Wildman–Crippen LogP) is 5.30. The van der Waals surface area contributed by atoms with Gasteiger partial charge in [-0.15, -0.1) is 0 Å². The van der Waals surface area contributed by atoms with Crippen molar-refractivity contribution in [2.75, 3.05) is 5.43 Å². The summed E-state index contributed by atoms with van der Waals surface area (Å²) in [6, 6.07) is 19.3. The number of aromatic nitrogens is 1. The van der Waals surface area contributed by atoms with Crippen molar-refractivity contribution >= 4 is 49.5 Å². The number of pyridine rings is 1. The average Bonchev–Trinajstić information content (AvgIpc) is 2.64. The van der Waals surface area contributed by atoms with Crippen LogP contribution in [0.4, 0.5) is 5.69 Å². The number of phenols is 1. The molecule has 25 heavy (non-hydrogen) atoms. The van der Waals surface area contributed by atoms with Crippen LogP contribution in [0.3, 0.4) is 0 Å². The van der Waals surface area contributed by atoms with E-state index in [0.717, 1.165) is 31.8 Å². The van der Waals surface area contributed by atoms with Gasteiger partial charge in [0.15, 0.2) is 0 Å². The molecule has 0 aliphatic carbocycles. The zero-order valence-corrected chi connectivity index (χ0v) is 14.7. The molecule has 4 nitrogen and oxygen atoms in total. The second kappa shape index (κ2) is 6.53. The van der Waals surface area contributed by atoms with E-state index in [4.69, 9.17) is 0 Å². The monoisotopic (exact) mass is 391 g/mol. The van der Waals surface area contributed by atoms with Crippen molar-refractivity contribution in [3.05, 3.63) is 76.9 Å². The van der Waals surface area contributed by atoms with Crippen molar-refractivity contribution in [1.82, 2.24) is 4.98 Å². The Hall–Kier alpha value is -2.92. The van der Waals surface area contributed by atoms with Crippen molar-refractivity contribution in [2.24, 2.45) is 5.10 Å². The molecule has 0 unspecified atom stereocenters. The second-order valence-electron chi connectivity index (χ2n) is 5.61. The second-order valence-corrected chi connectivity index (χ2v) is 6.53. The van der Waals surface area contributed by atoms with Gasteiger partial charge in [-0.05, 0) is 41.1 Å². The van der Waals surface area contributed by atoms with E-state index in [1.165, 1.54) is 0 Å². The molecule has 1 aromatic heterocycles. The van der Waals surface area contributed by atoms with Crippen LogP contribution >= 0.6 is 15.9 Å². The summed E-state index contributed by atoms with van der Waals surface area (Å²) >= 11 is 3.47. The molecule has 122 valence electrons. The zero-order valence-electron chi connectivity index (χ0n) is 13.1. The molecule has 0 saturated carbocycles.